The summed E-state index contributed by atoms with van der Waals surface area (Å²) < 4.78 is 34.9. The lowest BCUT2D eigenvalue weighted by Gasteiger charge is -2.35. The first-order valence-corrected chi connectivity index (χ1v) is 8.99. The summed E-state index contributed by atoms with van der Waals surface area (Å²) in [6, 6.07) is -0.143. The van der Waals surface area contributed by atoms with Crippen LogP contribution < -0.4 is 10.5 Å². The first-order valence-electron chi connectivity index (χ1n) is 7.55. The normalized spacial score (nSPS) is 30.0. The molecule has 8 heteroatoms. The molecule has 0 amide bonds. The number of rotatable bonds is 5. The SMILES string of the molecule is CC1CN(S(=O)(=O)NC(CN)C2CCCC2)CC(C)O1.Cl. The summed E-state index contributed by atoms with van der Waals surface area (Å²) in [6.07, 6.45) is 4.35. The average Bonchev–Trinajstić information content (AvgIpc) is 2.88. The molecular formula is C13H28ClN3O3S. The highest BCUT2D eigenvalue weighted by Crippen LogP contribution is 2.28. The van der Waals surface area contributed by atoms with Gasteiger partial charge in [-0.3, -0.25) is 0 Å². The molecule has 0 spiro atoms. The quantitative estimate of drug-likeness (QED) is 0.777. The average molecular weight is 342 g/mol. The number of hydrogen-bond donors (Lipinski definition) is 2. The van der Waals surface area contributed by atoms with Crippen LogP contribution in [0.3, 0.4) is 0 Å². The molecule has 1 heterocycles. The fourth-order valence-corrected chi connectivity index (χ4v) is 4.92. The van der Waals surface area contributed by atoms with Crippen LogP contribution in [0, 0.1) is 5.92 Å². The Morgan fingerprint density at radius 3 is 2.24 bits per heavy atom. The molecule has 6 nitrogen and oxygen atoms in total. The van der Waals surface area contributed by atoms with Gasteiger partial charge < -0.3 is 10.5 Å². The molecule has 3 unspecified atom stereocenters. The summed E-state index contributed by atoms with van der Waals surface area (Å²) in [5.74, 6) is 0.380. The molecule has 1 saturated heterocycles. The summed E-state index contributed by atoms with van der Waals surface area (Å²) in [5.41, 5.74) is 5.77. The van der Waals surface area contributed by atoms with E-state index in [4.69, 9.17) is 10.5 Å². The lowest BCUT2D eigenvalue weighted by Crippen LogP contribution is -2.55. The maximum Gasteiger partial charge on any atom is 0.279 e. The second kappa shape index (κ2) is 8.08. The second-order valence-corrected chi connectivity index (χ2v) is 7.79. The van der Waals surface area contributed by atoms with Gasteiger partial charge in [0.1, 0.15) is 0 Å². The predicted octanol–water partition coefficient (Wildman–Crippen LogP) is 0.869. The van der Waals surface area contributed by atoms with Crippen molar-refractivity contribution in [3.63, 3.8) is 0 Å². The van der Waals surface area contributed by atoms with E-state index in [9.17, 15) is 8.42 Å². The number of morpholine rings is 1. The highest BCUT2D eigenvalue weighted by atomic mass is 35.5. The topological polar surface area (TPSA) is 84.7 Å². The molecule has 1 aliphatic heterocycles. The van der Waals surface area contributed by atoms with E-state index in [-0.39, 0.29) is 30.7 Å². The molecule has 0 aromatic rings. The number of halogens is 1. The van der Waals surface area contributed by atoms with Gasteiger partial charge in [0.2, 0.25) is 0 Å². The third-order valence-corrected chi connectivity index (χ3v) is 5.83. The van der Waals surface area contributed by atoms with Gasteiger partial charge in [-0.25, -0.2) is 0 Å². The van der Waals surface area contributed by atoms with Crippen molar-refractivity contribution in [1.29, 1.82) is 0 Å². The zero-order chi connectivity index (χ0) is 14.8. The smallest absolute Gasteiger partial charge is 0.279 e. The van der Waals surface area contributed by atoms with Gasteiger partial charge in [0.05, 0.1) is 12.2 Å². The van der Waals surface area contributed by atoms with Crippen molar-refractivity contribution >= 4 is 22.6 Å². The zero-order valence-corrected chi connectivity index (χ0v) is 14.5. The van der Waals surface area contributed by atoms with Crippen LogP contribution in [0.1, 0.15) is 39.5 Å². The monoisotopic (exact) mass is 341 g/mol. The van der Waals surface area contributed by atoms with Crippen molar-refractivity contribution in [1.82, 2.24) is 9.03 Å². The summed E-state index contributed by atoms with van der Waals surface area (Å²) in [5, 5.41) is 0. The third kappa shape index (κ3) is 5.04. The fourth-order valence-electron chi connectivity index (χ4n) is 3.29. The molecule has 2 rings (SSSR count). The molecule has 0 bridgehead atoms. The van der Waals surface area contributed by atoms with Crippen molar-refractivity contribution in [2.24, 2.45) is 11.7 Å². The Morgan fingerprint density at radius 1 is 1.24 bits per heavy atom. The molecule has 0 radical (unpaired) electrons. The van der Waals surface area contributed by atoms with Crippen LogP contribution in [0.5, 0.6) is 0 Å². The Balaban J connectivity index is 0.00000220. The van der Waals surface area contributed by atoms with Crippen molar-refractivity contribution in [2.45, 2.75) is 57.8 Å². The van der Waals surface area contributed by atoms with Crippen LogP contribution >= 0.6 is 12.4 Å². The number of ether oxygens (including phenoxy) is 1. The Labute approximate surface area is 134 Å². The fraction of sp³-hybridized carbons (Fsp3) is 1.00. The largest absolute Gasteiger partial charge is 0.373 e. The molecule has 1 saturated carbocycles. The molecule has 2 aliphatic rings. The van der Waals surface area contributed by atoms with Gasteiger partial charge in [0.15, 0.2) is 0 Å². The van der Waals surface area contributed by atoms with Crippen molar-refractivity contribution in [3.05, 3.63) is 0 Å². The molecular weight excluding hydrogens is 314 g/mol. The predicted molar refractivity (Wildman–Crippen MR) is 85.7 cm³/mol. The number of nitrogens with one attached hydrogen (secondary N) is 1. The Morgan fingerprint density at radius 2 is 1.76 bits per heavy atom. The van der Waals surface area contributed by atoms with E-state index in [0.717, 1.165) is 12.8 Å². The highest BCUT2D eigenvalue weighted by molar-refractivity contribution is 7.87. The lowest BCUT2D eigenvalue weighted by molar-refractivity contribution is -0.0445. The Hall–Kier alpha value is 0.0800. The van der Waals surface area contributed by atoms with Crippen LogP contribution in [0.2, 0.25) is 0 Å². The minimum atomic E-state index is -3.47. The maximum absolute atomic E-state index is 12.5. The molecule has 1 aliphatic carbocycles. The van der Waals surface area contributed by atoms with E-state index >= 15 is 0 Å². The molecule has 0 aromatic heterocycles. The summed E-state index contributed by atoms with van der Waals surface area (Å²) in [6.45, 7) is 4.97. The van der Waals surface area contributed by atoms with Crippen molar-refractivity contribution in [3.8, 4) is 0 Å². The van der Waals surface area contributed by atoms with E-state index < -0.39 is 10.2 Å². The lowest BCUT2D eigenvalue weighted by atomic mass is 9.99. The van der Waals surface area contributed by atoms with Crippen LogP contribution in [-0.2, 0) is 14.9 Å². The summed E-state index contributed by atoms with van der Waals surface area (Å²) >= 11 is 0. The Kier molecular flexibility index (Phi) is 7.36. The first kappa shape index (κ1) is 19.1. The number of nitrogens with two attached hydrogens (primary N) is 1. The minimum Gasteiger partial charge on any atom is -0.373 e. The molecule has 21 heavy (non-hydrogen) atoms. The zero-order valence-electron chi connectivity index (χ0n) is 12.8. The van der Waals surface area contributed by atoms with Gasteiger partial charge in [0, 0.05) is 25.7 Å². The van der Waals surface area contributed by atoms with E-state index in [2.05, 4.69) is 4.72 Å². The number of nitrogens with zero attached hydrogens (tertiary/aromatic N) is 1. The van der Waals surface area contributed by atoms with Gasteiger partial charge in [-0.15, -0.1) is 12.4 Å². The third-order valence-electron chi connectivity index (χ3n) is 4.25. The van der Waals surface area contributed by atoms with Crippen LogP contribution in [0.15, 0.2) is 0 Å². The van der Waals surface area contributed by atoms with Crippen molar-refractivity contribution in [2.75, 3.05) is 19.6 Å². The van der Waals surface area contributed by atoms with E-state index in [1.165, 1.54) is 17.1 Å². The van der Waals surface area contributed by atoms with Gasteiger partial charge in [-0.1, -0.05) is 12.8 Å². The molecule has 3 atom stereocenters. The molecule has 0 aromatic carbocycles. The van der Waals surface area contributed by atoms with E-state index in [1.54, 1.807) is 0 Å². The van der Waals surface area contributed by atoms with Crippen LogP contribution in [0.25, 0.3) is 0 Å². The standard InChI is InChI=1S/C13H27N3O3S.ClH/c1-10-8-16(9-11(2)19-10)20(17,18)15-13(7-14)12-5-3-4-6-12;/h10-13,15H,3-9,14H2,1-2H3;1H. The molecule has 126 valence electrons. The number of hydrogen-bond acceptors (Lipinski definition) is 4. The maximum atomic E-state index is 12.5. The van der Waals surface area contributed by atoms with E-state index in [0.29, 0.717) is 25.6 Å². The van der Waals surface area contributed by atoms with Crippen LogP contribution in [-0.4, -0.2) is 50.6 Å². The van der Waals surface area contributed by atoms with Gasteiger partial charge in [0.25, 0.3) is 10.2 Å². The Bertz CT molecular complexity index is 405. The van der Waals surface area contributed by atoms with Crippen LogP contribution in [0.4, 0.5) is 0 Å². The summed E-state index contributed by atoms with van der Waals surface area (Å²) in [7, 11) is -3.47. The molecule has 3 N–H and O–H groups in total. The van der Waals surface area contributed by atoms with Gasteiger partial charge in [-0.05, 0) is 32.6 Å². The van der Waals surface area contributed by atoms with Gasteiger partial charge >= 0.3 is 0 Å². The minimum absolute atomic E-state index is 0. The van der Waals surface area contributed by atoms with Gasteiger partial charge in [-0.2, -0.15) is 17.4 Å². The first-order chi connectivity index (χ1) is 9.42. The molecule has 2 fully saturated rings. The van der Waals surface area contributed by atoms with Crippen molar-refractivity contribution < 1.29 is 13.2 Å². The highest BCUT2D eigenvalue weighted by Gasteiger charge is 2.34. The summed E-state index contributed by atoms with van der Waals surface area (Å²) in [4.78, 5) is 0. The van der Waals surface area contributed by atoms with E-state index in [1.807, 2.05) is 13.8 Å². The second-order valence-electron chi connectivity index (χ2n) is 6.08.